The van der Waals surface area contributed by atoms with Gasteiger partial charge in [0, 0.05) is 28.2 Å². The molecule has 2 N–H and O–H groups in total. The third-order valence-electron chi connectivity index (χ3n) is 4.28. The first-order valence-corrected chi connectivity index (χ1v) is 8.77. The molecule has 0 fully saturated rings. The van der Waals surface area contributed by atoms with Gasteiger partial charge in [-0.05, 0) is 17.0 Å². The highest BCUT2D eigenvalue weighted by Gasteiger charge is 2.54. The van der Waals surface area contributed by atoms with Crippen LogP contribution in [-0.2, 0) is 0 Å². The van der Waals surface area contributed by atoms with Gasteiger partial charge >= 0.3 is 0 Å². The molecule has 0 aromatic carbocycles. The summed E-state index contributed by atoms with van der Waals surface area (Å²) in [6.45, 7) is 0. The van der Waals surface area contributed by atoms with Gasteiger partial charge in [0.2, 0.25) is 0 Å². The predicted molar refractivity (Wildman–Crippen MR) is 86.4 cm³/mol. The molecule has 0 amide bonds. The number of hydrogen-bond acceptors (Lipinski definition) is 6. The molecule has 0 unspecified atom stereocenters. The second-order valence-electron chi connectivity index (χ2n) is 5.23. The Morgan fingerprint density at radius 1 is 1.27 bits per heavy atom. The first kappa shape index (κ1) is 14.7. The molecule has 0 radical (unpaired) electrons. The molecule has 1 aliphatic heterocycles. The molecule has 0 saturated carbocycles. The van der Waals surface area contributed by atoms with E-state index in [1.165, 1.54) is 11.3 Å². The van der Waals surface area contributed by atoms with Crippen LogP contribution in [0.2, 0.25) is 0 Å². The monoisotopic (exact) mass is 324 g/mol. The second-order valence-corrected chi connectivity index (χ2v) is 7.28. The SMILES string of the molecule is N#CC1=C(N)C(C#N)(C#N)[C@H](c2cccs2)[C@H]2CSCC=C12. The van der Waals surface area contributed by atoms with Gasteiger partial charge in [0.05, 0.1) is 23.4 Å². The summed E-state index contributed by atoms with van der Waals surface area (Å²) in [6.07, 6.45) is 2.02. The molecule has 3 rings (SSSR count). The van der Waals surface area contributed by atoms with Gasteiger partial charge < -0.3 is 5.73 Å². The number of nitriles is 3. The molecule has 0 spiro atoms. The summed E-state index contributed by atoms with van der Waals surface area (Å²) in [5.41, 5.74) is 6.01. The Morgan fingerprint density at radius 2 is 2.05 bits per heavy atom. The Hall–Kier alpha value is -2.20. The van der Waals surface area contributed by atoms with Gasteiger partial charge in [0.1, 0.15) is 6.07 Å². The molecule has 4 nitrogen and oxygen atoms in total. The first-order chi connectivity index (χ1) is 10.7. The molecule has 2 atom stereocenters. The van der Waals surface area contributed by atoms with Crippen molar-refractivity contribution in [1.29, 1.82) is 15.8 Å². The van der Waals surface area contributed by atoms with Crippen LogP contribution in [0.3, 0.4) is 0 Å². The van der Waals surface area contributed by atoms with Crippen molar-refractivity contribution in [1.82, 2.24) is 0 Å². The summed E-state index contributed by atoms with van der Waals surface area (Å²) in [4.78, 5) is 0.974. The van der Waals surface area contributed by atoms with E-state index in [2.05, 4.69) is 18.2 Å². The Kier molecular flexibility index (Phi) is 3.71. The van der Waals surface area contributed by atoms with Crippen LogP contribution in [-0.4, -0.2) is 11.5 Å². The number of thioether (sulfide) groups is 1. The minimum atomic E-state index is -1.48. The maximum Gasteiger partial charge on any atom is 0.192 e. The fourth-order valence-corrected chi connectivity index (χ4v) is 5.28. The van der Waals surface area contributed by atoms with Crippen LogP contribution < -0.4 is 5.73 Å². The molecule has 2 heterocycles. The normalized spacial score (nSPS) is 26.1. The van der Waals surface area contributed by atoms with Gasteiger partial charge in [-0.1, -0.05) is 12.1 Å². The van der Waals surface area contributed by atoms with Gasteiger partial charge in [-0.15, -0.1) is 11.3 Å². The van der Waals surface area contributed by atoms with E-state index < -0.39 is 5.41 Å². The molecule has 22 heavy (non-hydrogen) atoms. The lowest BCUT2D eigenvalue weighted by Gasteiger charge is -2.42. The van der Waals surface area contributed by atoms with Crippen molar-refractivity contribution in [3.8, 4) is 18.2 Å². The zero-order valence-corrected chi connectivity index (χ0v) is 13.2. The number of nitrogens with two attached hydrogens (primary N) is 1. The molecule has 0 saturated heterocycles. The zero-order chi connectivity index (χ0) is 15.7. The first-order valence-electron chi connectivity index (χ1n) is 6.74. The highest BCUT2D eigenvalue weighted by molar-refractivity contribution is 7.99. The third-order valence-corrected chi connectivity index (χ3v) is 6.24. The number of thiophene rings is 1. The standard InChI is InChI=1S/C16H12N4S2/c17-6-11-10-3-5-21-7-12(10)14(13-2-1-4-22-13)16(8-18,9-19)15(11)20/h1-4,12,14H,5,7,20H2/t12-,14-/m0/s1. The number of rotatable bonds is 1. The summed E-state index contributed by atoms with van der Waals surface area (Å²) >= 11 is 3.28. The van der Waals surface area contributed by atoms with E-state index in [4.69, 9.17) is 5.73 Å². The Labute approximate surface area is 137 Å². The minimum Gasteiger partial charge on any atom is -0.399 e. The van der Waals surface area contributed by atoms with E-state index in [0.717, 1.165) is 22.0 Å². The lowest BCUT2D eigenvalue weighted by molar-refractivity contribution is 0.373. The maximum absolute atomic E-state index is 9.77. The van der Waals surface area contributed by atoms with E-state index in [0.29, 0.717) is 5.57 Å². The van der Waals surface area contributed by atoms with Crippen molar-refractivity contribution < 1.29 is 0 Å². The molecule has 1 aromatic heterocycles. The Bertz CT molecular complexity index is 770. The van der Waals surface area contributed by atoms with E-state index in [1.54, 1.807) is 11.8 Å². The van der Waals surface area contributed by atoms with E-state index in [1.807, 2.05) is 23.6 Å². The fourth-order valence-electron chi connectivity index (χ4n) is 3.26. The Morgan fingerprint density at radius 3 is 2.64 bits per heavy atom. The summed E-state index contributed by atoms with van der Waals surface area (Å²) in [6, 6.07) is 10.2. The van der Waals surface area contributed by atoms with Crippen LogP contribution in [0, 0.1) is 45.3 Å². The lowest BCUT2D eigenvalue weighted by Crippen LogP contribution is -2.43. The van der Waals surface area contributed by atoms with Crippen molar-refractivity contribution in [3.63, 3.8) is 0 Å². The van der Waals surface area contributed by atoms with Crippen molar-refractivity contribution in [2.24, 2.45) is 17.1 Å². The van der Waals surface area contributed by atoms with Crippen molar-refractivity contribution >= 4 is 23.1 Å². The van der Waals surface area contributed by atoms with Crippen LogP contribution in [0.25, 0.3) is 0 Å². The van der Waals surface area contributed by atoms with Crippen LogP contribution in [0.5, 0.6) is 0 Å². The van der Waals surface area contributed by atoms with Gasteiger partial charge in [-0.25, -0.2) is 0 Å². The van der Waals surface area contributed by atoms with Crippen LogP contribution in [0.15, 0.2) is 40.4 Å². The molecular formula is C16H12N4S2. The molecule has 6 heteroatoms. The maximum atomic E-state index is 9.77. The van der Waals surface area contributed by atoms with Gasteiger partial charge in [0.15, 0.2) is 5.41 Å². The Balaban J connectivity index is 2.33. The smallest absolute Gasteiger partial charge is 0.192 e. The quantitative estimate of drug-likeness (QED) is 0.856. The van der Waals surface area contributed by atoms with E-state index in [-0.39, 0.29) is 17.5 Å². The largest absolute Gasteiger partial charge is 0.399 e. The van der Waals surface area contributed by atoms with Crippen molar-refractivity contribution in [2.75, 3.05) is 11.5 Å². The molecule has 0 bridgehead atoms. The van der Waals surface area contributed by atoms with Crippen LogP contribution in [0.1, 0.15) is 10.8 Å². The second kappa shape index (κ2) is 5.54. The van der Waals surface area contributed by atoms with E-state index >= 15 is 0 Å². The molecular weight excluding hydrogens is 312 g/mol. The van der Waals surface area contributed by atoms with Crippen LogP contribution in [0.4, 0.5) is 0 Å². The average Bonchev–Trinajstić information content (AvgIpc) is 3.08. The lowest BCUT2D eigenvalue weighted by atomic mass is 9.60. The summed E-state index contributed by atoms with van der Waals surface area (Å²) in [7, 11) is 0. The number of allylic oxidation sites excluding steroid dienone is 3. The van der Waals surface area contributed by atoms with Gasteiger partial charge in [0.25, 0.3) is 0 Å². The number of hydrogen-bond donors (Lipinski definition) is 1. The molecule has 1 aliphatic carbocycles. The van der Waals surface area contributed by atoms with Gasteiger partial charge in [-0.3, -0.25) is 0 Å². The topological polar surface area (TPSA) is 97.4 Å². The van der Waals surface area contributed by atoms with Crippen LogP contribution >= 0.6 is 23.1 Å². The van der Waals surface area contributed by atoms with Crippen molar-refractivity contribution in [2.45, 2.75) is 5.92 Å². The fraction of sp³-hybridized carbons (Fsp3) is 0.312. The zero-order valence-electron chi connectivity index (χ0n) is 11.6. The van der Waals surface area contributed by atoms with E-state index in [9.17, 15) is 15.8 Å². The predicted octanol–water partition coefficient (Wildman–Crippen LogP) is 2.90. The molecule has 108 valence electrons. The summed E-state index contributed by atoms with van der Waals surface area (Å²) in [5.74, 6) is 1.27. The number of nitrogens with zero attached hydrogens (tertiary/aromatic N) is 3. The van der Waals surface area contributed by atoms with Gasteiger partial charge in [-0.2, -0.15) is 27.5 Å². The van der Waals surface area contributed by atoms with Crippen molar-refractivity contribution in [3.05, 3.63) is 45.3 Å². The summed E-state index contributed by atoms with van der Waals surface area (Å²) < 4.78 is 0. The summed E-state index contributed by atoms with van der Waals surface area (Å²) in [5, 5.41) is 31.0. The molecule has 1 aromatic rings. The number of fused-ring (bicyclic) bond motifs is 1. The minimum absolute atomic E-state index is 0.0290. The highest BCUT2D eigenvalue weighted by atomic mass is 32.2. The molecule has 2 aliphatic rings. The average molecular weight is 324 g/mol. The third kappa shape index (κ3) is 1.87. The highest BCUT2D eigenvalue weighted by Crippen LogP contribution is 2.55.